The van der Waals surface area contributed by atoms with Crippen LogP contribution in [-0.4, -0.2) is 43.0 Å². The van der Waals surface area contributed by atoms with Crippen LogP contribution >= 0.6 is 0 Å². The third-order valence-electron chi connectivity index (χ3n) is 4.55. The first-order valence-electron chi connectivity index (χ1n) is 9.97. The number of rotatable bonds is 11. The van der Waals surface area contributed by atoms with Gasteiger partial charge in [-0.05, 0) is 42.7 Å². The van der Waals surface area contributed by atoms with Gasteiger partial charge in [0, 0.05) is 13.1 Å². The molecule has 0 radical (unpaired) electrons. The predicted molar refractivity (Wildman–Crippen MR) is 113 cm³/mol. The molecule has 1 N–H and O–H groups in total. The standard InChI is InChI=1S/C23H30N2O4/c1-4-15-24-23(27)21(5-2)25(16-18-11-13-19(28-3)14-12-18)22(26)17-29-20-9-7-6-8-10-20/h6-14,21H,4-5,15-17H2,1-3H3,(H,24,27)/t21-/m0/s1. The average molecular weight is 399 g/mol. The Bertz CT molecular complexity index is 762. The van der Waals surface area contributed by atoms with Crippen molar-refractivity contribution in [3.8, 4) is 11.5 Å². The maximum absolute atomic E-state index is 13.0. The van der Waals surface area contributed by atoms with Gasteiger partial charge < -0.3 is 19.7 Å². The van der Waals surface area contributed by atoms with E-state index in [1.165, 1.54) is 0 Å². The van der Waals surface area contributed by atoms with Crippen molar-refractivity contribution in [2.45, 2.75) is 39.3 Å². The number of amides is 2. The van der Waals surface area contributed by atoms with Gasteiger partial charge in [0.15, 0.2) is 6.61 Å². The Kier molecular flexibility index (Phi) is 9.02. The summed E-state index contributed by atoms with van der Waals surface area (Å²) >= 11 is 0. The van der Waals surface area contributed by atoms with Crippen LogP contribution in [0.5, 0.6) is 11.5 Å². The van der Waals surface area contributed by atoms with Crippen LogP contribution in [0.1, 0.15) is 32.3 Å². The summed E-state index contributed by atoms with van der Waals surface area (Å²) in [5, 5.41) is 2.90. The van der Waals surface area contributed by atoms with E-state index in [1.807, 2.05) is 56.3 Å². The Morgan fingerprint density at radius 3 is 2.28 bits per heavy atom. The molecule has 0 unspecified atom stereocenters. The molecular weight excluding hydrogens is 368 g/mol. The third-order valence-corrected chi connectivity index (χ3v) is 4.55. The molecule has 1 atom stereocenters. The predicted octanol–water partition coefficient (Wildman–Crippen LogP) is 3.41. The molecular formula is C23H30N2O4. The molecule has 2 rings (SSSR count). The summed E-state index contributed by atoms with van der Waals surface area (Å²) in [5.74, 6) is 0.986. The van der Waals surface area contributed by atoms with Gasteiger partial charge in [-0.25, -0.2) is 0 Å². The van der Waals surface area contributed by atoms with E-state index < -0.39 is 6.04 Å². The number of nitrogens with one attached hydrogen (secondary N) is 1. The Balaban J connectivity index is 2.17. The quantitative estimate of drug-likeness (QED) is 0.630. The molecule has 0 bridgehead atoms. The molecule has 0 fully saturated rings. The van der Waals surface area contributed by atoms with Gasteiger partial charge in [0.05, 0.1) is 7.11 Å². The SMILES string of the molecule is CCCNC(=O)[C@H](CC)N(Cc1ccc(OC)cc1)C(=O)COc1ccccc1. The lowest BCUT2D eigenvalue weighted by molar-refractivity contribution is -0.143. The molecule has 0 saturated heterocycles. The second-order valence-corrected chi connectivity index (χ2v) is 6.69. The zero-order chi connectivity index (χ0) is 21.1. The lowest BCUT2D eigenvalue weighted by Crippen LogP contribution is -2.50. The van der Waals surface area contributed by atoms with Gasteiger partial charge in [0.2, 0.25) is 5.91 Å². The topological polar surface area (TPSA) is 67.9 Å². The van der Waals surface area contributed by atoms with Crippen LogP contribution in [0.15, 0.2) is 54.6 Å². The van der Waals surface area contributed by atoms with Crippen LogP contribution in [0.4, 0.5) is 0 Å². The fraction of sp³-hybridized carbons (Fsp3) is 0.391. The van der Waals surface area contributed by atoms with Crippen molar-refractivity contribution in [2.24, 2.45) is 0 Å². The van der Waals surface area contributed by atoms with Crippen LogP contribution in [0.25, 0.3) is 0 Å². The Morgan fingerprint density at radius 1 is 1.00 bits per heavy atom. The molecule has 0 spiro atoms. The molecule has 6 heteroatoms. The third kappa shape index (κ3) is 6.82. The van der Waals surface area contributed by atoms with Gasteiger partial charge in [0.25, 0.3) is 5.91 Å². The van der Waals surface area contributed by atoms with Gasteiger partial charge >= 0.3 is 0 Å². The van der Waals surface area contributed by atoms with Crippen molar-refractivity contribution in [3.63, 3.8) is 0 Å². The number of ether oxygens (including phenoxy) is 2. The highest BCUT2D eigenvalue weighted by Crippen LogP contribution is 2.17. The molecule has 2 amide bonds. The molecule has 29 heavy (non-hydrogen) atoms. The lowest BCUT2D eigenvalue weighted by atomic mass is 10.1. The van der Waals surface area contributed by atoms with Gasteiger partial charge in [0.1, 0.15) is 17.5 Å². The molecule has 0 aliphatic carbocycles. The largest absolute Gasteiger partial charge is 0.497 e. The zero-order valence-corrected chi connectivity index (χ0v) is 17.4. The number of carbonyl (C=O) groups excluding carboxylic acids is 2. The number of hydrogen-bond donors (Lipinski definition) is 1. The minimum atomic E-state index is -0.560. The van der Waals surface area contributed by atoms with Crippen LogP contribution in [-0.2, 0) is 16.1 Å². The zero-order valence-electron chi connectivity index (χ0n) is 17.4. The number of para-hydroxylation sites is 1. The smallest absolute Gasteiger partial charge is 0.261 e. The molecule has 0 aliphatic heterocycles. The summed E-state index contributed by atoms with van der Waals surface area (Å²) in [4.78, 5) is 27.3. The molecule has 0 heterocycles. The first-order valence-corrected chi connectivity index (χ1v) is 9.97. The van der Waals surface area contributed by atoms with Crippen molar-refractivity contribution >= 4 is 11.8 Å². The summed E-state index contributed by atoms with van der Waals surface area (Å²) in [6.45, 7) is 4.68. The van der Waals surface area contributed by atoms with E-state index in [9.17, 15) is 9.59 Å². The first-order chi connectivity index (χ1) is 14.1. The monoisotopic (exact) mass is 398 g/mol. The van der Waals surface area contributed by atoms with Crippen LogP contribution in [0.2, 0.25) is 0 Å². The Morgan fingerprint density at radius 2 is 1.69 bits per heavy atom. The average Bonchev–Trinajstić information content (AvgIpc) is 2.77. The van der Waals surface area contributed by atoms with E-state index in [-0.39, 0.29) is 18.4 Å². The van der Waals surface area contributed by atoms with E-state index in [0.29, 0.717) is 25.3 Å². The van der Waals surface area contributed by atoms with Crippen molar-refractivity contribution in [2.75, 3.05) is 20.3 Å². The second-order valence-electron chi connectivity index (χ2n) is 6.69. The minimum absolute atomic E-state index is 0.127. The maximum Gasteiger partial charge on any atom is 0.261 e. The number of nitrogens with zero attached hydrogens (tertiary/aromatic N) is 1. The highest BCUT2D eigenvalue weighted by atomic mass is 16.5. The highest BCUT2D eigenvalue weighted by Gasteiger charge is 2.28. The minimum Gasteiger partial charge on any atom is -0.497 e. The van der Waals surface area contributed by atoms with E-state index in [2.05, 4.69) is 5.32 Å². The van der Waals surface area contributed by atoms with Crippen molar-refractivity contribution < 1.29 is 19.1 Å². The van der Waals surface area contributed by atoms with Gasteiger partial charge in [-0.1, -0.05) is 44.2 Å². The van der Waals surface area contributed by atoms with Gasteiger partial charge in [-0.15, -0.1) is 0 Å². The van der Waals surface area contributed by atoms with Crippen LogP contribution in [0.3, 0.4) is 0 Å². The van der Waals surface area contributed by atoms with Crippen LogP contribution < -0.4 is 14.8 Å². The summed E-state index contributed by atoms with van der Waals surface area (Å²) in [7, 11) is 1.61. The van der Waals surface area contributed by atoms with Crippen molar-refractivity contribution in [3.05, 3.63) is 60.2 Å². The van der Waals surface area contributed by atoms with E-state index in [4.69, 9.17) is 9.47 Å². The van der Waals surface area contributed by atoms with Gasteiger partial charge in [-0.3, -0.25) is 9.59 Å². The molecule has 2 aromatic carbocycles. The Labute approximate surface area is 172 Å². The van der Waals surface area contributed by atoms with E-state index in [0.717, 1.165) is 17.7 Å². The lowest BCUT2D eigenvalue weighted by Gasteiger charge is -2.30. The molecule has 2 aromatic rings. The number of benzene rings is 2. The van der Waals surface area contributed by atoms with E-state index >= 15 is 0 Å². The number of hydrogen-bond acceptors (Lipinski definition) is 4. The van der Waals surface area contributed by atoms with Gasteiger partial charge in [-0.2, -0.15) is 0 Å². The highest BCUT2D eigenvalue weighted by molar-refractivity contribution is 5.88. The van der Waals surface area contributed by atoms with E-state index in [1.54, 1.807) is 24.1 Å². The summed E-state index contributed by atoms with van der Waals surface area (Å²) < 4.78 is 10.8. The van der Waals surface area contributed by atoms with Crippen molar-refractivity contribution in [1.29, 1.82) is 0 Å². The second kappa shape index (κ2) is 11.7. The molecule has 0 saturated carbocycles. The summed E-state index contributed by atoms with van der Waals surface area (Å²) in [6, 6.07) is 16.1. The molecule has 0 aromatic heterocycles. The first kappa shape index (κ1) is 22.3. The van der Waals surface area contributed by atoms with Crippen molar-refractivity contribution in [1.82, 2.24) is 10.2 Å². The Hall–Kier alpha value is -3.02. The van der Waals surface area contributed by atoms with Crippen LogP contribution in [0, 0.1) is 0 Å². The molecule has 156 valence electrons. The molecule has 0 aliphatic rings. The molecule has 6 nitrogen and oxygen atoms in total. The fourth-order valence-electron chi connectivity index (χ4n) is 2.96. The fourth-order valence-corrected chi connectivity index (χ4v) is 2.96. The number of carbonyl (C=O) groups is 2. The normalized spacial score (nSPS) is 11.4. The number of methoxy groups -OCH3 is 1. The summed E-state index contributed by atoms with van der Waals surface area (Å²) in [5.41, 5.74) is 0.917. The summed E-state index contributed by atoms with van der Waals surface area (Å²) in [6.07, 6.45) is 1.36. The maximum atomic E-state index is 13.0.